The lowest BCUT2D eigenvalue weighted by Crippen LogP contribution is -2.28. The van der Waals surface area contributed by atoms with E-state index in [0.29, 0.717) is 36.3 Å². The average molecular weight is 423 g/mol. The van der Waals surface area contributed by atoms with Crippen LogP contribution >= 0.6 is 22.9 Å². The maximum atomic E-state index is 13.2. The Morgan fingerprint density at radius 3 is 2.86 bits per heavy atom. The van der Waals surface area contributed by atoms with Gasteiger partial charge in [0.25, 0.3) is 5.91 Å². The number of aromatic nitrogens is 3. The number of amides is 1. The Labute approximate surface area is 169 Å². The van der Waals surface area contributed by atoms with Crippen molar-refractivity contribution in [2.24, 2.45) is 0 Å². The first-order valence-corrected chi connectivity index (χ1v) is 9.55. The summed E-state index contributed by atoms with van der Waals surface area (Å²) in [6.45, 7) is 0.458. The Bertz CT molecular complexity index is 1020. The molecule has 1 amide bonds. The van der Waals surface area contributed by atoms with Gasteiger partial charge in [-0.1, -0.05) is 16.8 Å². The lowest BCUT2D eigenvalue weighted by Gasteiger charge is -2.17. The Hall–Kier alpha value is -2.78. The summed E-state index contributed by atoms with van der Waals surface area (Å²) < 4.78 is 14.7. The van der Waals surface area contributed by atoms with E-state index >= 15 is 0 Å². The van der Waals surface area contributed by atoms with Gasteiger partial charge < -0.3 is 10.0 Å². The van der Waals surface area contributed by atoms with Crippen LogP contribution in [0.5, 0.6) is 0 Å². The molecule has 1 aromatic carbocycles. The first-order chi connectivity index (χ1) is 13.4. The predicted molar refractivity (Wildman–Crippen MR) is 103 cm³/mol. The zero-order valence-electron chi connectivity index (χ0n) is 14.8. The molecule has 1 N–H and O–H groups in total. The van der Waals surface area contributed by atoms with Gasteiger partial charge in [0, 0.05) is 19.2 Å². The zero-order valence-corrected chi connectivity index (χ0v) is 16.4. The molecule has 10 heteroatoms. The molecule has 3 aromatic rings. The van der Waals surface area contributed by atoms with Crippen molar-refractivity contribution >= 4 is 34.8 Å². The van der Waals surface area contributed by atoms with Crippen LogP contribution < -0.4 is 0 Å². The van der Waals surface area contributed by atoms with Gasteiger partial charge >= 0.3 is 5.97 Å². The van der Waals surface area contributed by atoms with Crippen LogP contribution in [0.15, 0.2) is 35.8 Å². The fourth-order valence-electron chi connectivity index (χ4n) is 2.62. The van der Waals surface area contributed by atoms with Crippen LogP contribution in [0.25, 0.3) is 5.69 Å². The topological polar surface area (TPSA) is 88.3 Å². The average Bonchev–Trinajstić information content (AvgIpc) is 3.32. The number of hydrogen-bond acceptors (Lipinski definition) is 5. The lowest BCUT2D eigenvalue weighted by molar-refractivity contribution is 0.0701. The quantitative estimate of drug-likeness (QED) is 0.629. The predicted octanol–water partition coefficient (Wildman–Crippen LogP) is 3.52. The van der Waals surface area contributed by atoms with Crippen molar-refractivity contribution in [3.8, 4) is 5.69 Å². The molecule has 0 aliphatic rings. The highest BCUT2D eigenvalue weighted by Crippen LogP contribution is 2.21. The SMILES string of the molecule is CN(CCCc1cn(-c2ccsc2C(=O)O)nn1)C(=O)c1ccc(F)c(Cl)c1. The van der Waals surface area contributed by atoms with Gasteiger partial charge in [0.15, 0.2) is 0 Å². The van der Waals surface area contributed by atoms with Crippen LogP contribution in [0, 0.1) is 5.82 Å². The van der Waals surface area contributed by atoms with Crippen molar-refractivity contribution in [2.75, 3.05) is 13.6 Å². The number of carboxylic acids is 1. The number of benzene rings is 1. The summed E-state index contributed by atoms with van der Waals surface area (Å²) in [4.78, 5) is 25.3. The molecular weight excluding hydrogens is 407 g/mol. The lowest BCUT2D eigenvalue weighted by atomic mass is 10.2. The fourth-order valence-corrected chi connectivity index (χ4v) is 3.52. The number of carbonyl (C=O) groups excluding carboxylic acids is 1. The van der Waals surface area contributed by atoms with E-state index in [1.807, 2.05) is 0 Å². The van der Waals surface area contributed by atoms with E-state index in [0.717, 1.165) is 17.4 Å². The highest BCUT2D eigenvalue weighted by Gasteiger charge is 2.16. The third-order valence-corrected chi connectivity index (χ3v) is 5.25. The number of thiophene rings is 1. The molecule has 0 saturated heterocycles. The van der Waals surface area contributed by atoms with Gasteiger partial charge in [-0.2, -0.15) is 0 Å². The van der Waals surface area contributed by atoms with Gasteiger partial charge in [0.2, 0.25) is 0 Å². The Morgan fingerprint density at radius 2 is 2.14 bits per heavy atom. The molecule has 0 unspecified atom stereocenters. The highest BCUT2D eigenvalue weighted by molar-refractivity contribution is 7.12. The third-order valence-electron chi connectivity index (χ3n) is 4.07. The number of aromatic carboxylic acids is 1. The van der Waals surface area contributed by atoms with E-state index < -0.39 is 11.8 Å². The standard InChI is InChI=1S/C18H16ClFN4O3S/c1-23(17(25)11-4-5-14(20)13(19)9-11)7-2-3-12-10-24(22-21-12)15-6-8-28-16(15)18(26)27/h4-6,8-10H,2-3,7H2,1H3,(H,26,27). The van der Waals surface area contributed by atoms with E-state index in [4.69, 9.17) is 11.6 Å². The van der Waals surface area contributed by atoms with E-state index in [9.17, 15) is 19.1 Å². The summed E-state index contributed by atoms with van der Waals surface area (Å²) in [6, 6.07) is 5.54. The highest BCUT2D eigenvalue weighted by atomic mass is 35.5. The first kappa shape index (κ1) is 20.0. The van der Waals surface area contributed by atoms with Gasteiger partial charge in [0.1, 0.15) is 10.7 Å². The first-order valence-electron chi connectivity index (χ1n) is 8.29. The summed E-state index contributed by atoms with van der Waals surface area (Å²) in [5, 5.41) is 18.8. The van der Waals surface area contributed by atoms with E-state index in [2.05, 4.69) is 10.3 Å². The monoisotopic (exact) mass is 422 g/mol. The molecule has 3 rings (SSSR count). The van der Waals surface area contributed by atoms with Crippen molar-refractivity contribution in [3.05, 3.63) is 62.8 Å². The van der Waals surface area contributed by atoms with Crippen molar-refractivity contribution in [3.63, 3.8) is 0 Å². The van der Waals surface area contributed by atoms with Gasteiger partial charge in [-0.15, -0.1) is 16.4 Å². The second kappa shape index (κ2) is 8.49. The van der Waals surface area contributed by atoms with Crippen molar-refractivity contribution in [1.82, 2.24) is 19.9 Å². The van der Waals surface area contributed by atoms with E-state index in [-0.39, 0.29) is 15.8 Å². The molecule has 0 radical (unpaired) electrons. The maximum absolute atomic E-state index is 13.2. The van der Waals surface area contributed by atoms with Crippen LogP contribution in [0.3, 0.4) is 0 Å². The molecule has 7 nitrogen and oxygen atoms in total. The van der Waals surface area contributed by atoms with Crippen molar-refractivity contribution in [2.45, 2.75) is 12.8 Å². The Balaban J connectivity index is 1.57. The second-order valence-electron chi connectivity index (χ2n) is 6.05. The molecule has 0 spiro atoms. The van der Waals surface area contributed by atoms with Crippen LogP contribution in [0.2, 0.25) is 5.02 Å². The molecule has 0 bridgehead atoms. The van der Waals surface area contributed by atoms with Gasteiger partial charge in [-0.25, -0.2) is 13.9 Å². The minimum atomic E-state index is -1.01. The molecule has 0 fully saturated rings. The molecule has 0 saturated carbocycles. The number of rotatable bonds is 7. The number of carbonyl (C=O) groups is 2. The van der Waals surface area contributed by atoms with E-state index in [1.165, 1.54) is 21.7 Å². The minimum absolute atomic E-state index is 0.0926. The molecule has 0 aliphatic heterocycles. The number of nitrogens with zero attached hydrogens (tertiary/aromatic N) is 4. The maximum Gasteiger partial charge on any atom is 0.348 e. The molecule has 0 atom stereocenters. The van der Waals surface area contributed by atoms with Crippen LogP contribution in [-0.4, -0.2) is 50.5 Å². The number of carboxylic acid groups (broad SMARTS) is 1. The third kappa shape index (κ3) is 4.37. The molecule has 28 heavy (non-hydrogen) atoms. The number of aryl methyl sites for hydroxylation is 1. The number of hydrogen-bond donors (Lipinski definition) is 1. The van der Waals surface area contributed by atoms with Crippen LogP contribution in [0.4, 0.5) is 4.39 Å². The molecular formula is C18H16ClFN4O3S. The van der Waals surface area contributed by atoms with E-state index in [1.54, 1.807) is 24.7 Å². The zero-order chi connectivity index (χ0) is 20.3. The fraction of sp³-hybridized carbons (Fsp3) is 0.222. The summed E-state index contributed by atoms with van der Waals surface area (Å²) in [7, 11) is 1.65. The minimum Gasteiger partial charge on any atom is -0.477 e. The summed E-state index contributed by atoms with van der Waals surface area (Å²) >= 11 is 6.84. The largest absolute Gasteiger partial charge is 0.477 e. The molecule has 146 valence electrons. The summed E-state index contributed by atoms with van der Waals surface area (Å²) in [5.74, 6) is -1.83. The summed E-state index contributed by atoms with van der Waals surface area (Å²) in [5.41, 5.74) is 1.48. The van der Waals surface area contributed by atoms with Gasteiger partial charge in [-0.05, 0) is 42.5 Å². The molecule has 0 aliphatic carbocycles. The Kier molecular flexibility index (Phi) is 6.05. The van der Waals surface area contributed by atoms with Gasteiger partial charge in [0.05, 0.1) is 22.6 Å². The molecule has 2 heterocycles. The normalized spacial score (nSPS) is 10.8. The van der Waals surface area contributed by atoms with Crippen molar-refractivity contribution < 1.29 is 19.1 Å². The van der Waals surface area contributed by atoms with Gasteiger partial charge in [-0.3, -0.25) is 4.79 Å². The van der Waals surface area contributed by atoms with Crippen LogP contribution in [0.1, 0.15) is 32.1 Å². The van der Waals surface area contributed by atoms with Crippen LogP contribution in [-0.2, 0) is 6.42 Å². The smallest absolute Gasteiger partial charge is 0.348 e. The van der Waals surface area contributed by atoms with Crippen molar-refractivity contribution in [1.29, 1.82) is 0 Å². The Morgan fingerprint density at radius 1 is 1.36 bits per heavy atom. The second-order valence-corrected chi connectivity index (χ2v) is 7.38. The summed E-state index contributed by atoms with van der Waals surface area (Å²) in [6.07, 6.45) is 2.87. The number of halogens is 2. The molecule has 2 aromatic heterocycles.